The first kappa shape index (κ1) is 6.84. The highest BCUT2D eigenvalue weighted by Gasteiger charge is 2.07. The molecule has 0 bridgehead atoms. The van der Waals surface area contributed by atoms with Gasteiger partial charge in [0.05, 0.1) is 11.7 Å². The summed E-state index contributed by atoms with van der Waals surface area (Å²) in [4.78, 5) is 5.55. The van der Waals surface area contributed by atoms with Gasteiger partial charge in [0, 0.05) is 13.1 Å². The highest BCUT2D eigenvalue weighted by atomic mass is 15.6. The van der Waals surface area contributed by atoms with Gasteiger partial charge in [0.1, 0.15) is 5.82 Å². The van der Waals surface area contributed by atoms with Crippen LogP contribution in [0.15, 0.2) is 12.3 Å². The quantitative estimate of drug-likeness (QED) is 0.531. The molecule has 12 heavy (non-hydrogen) atoms. The zero-order valence-corrected chi connectivity index (χ0v) is 6.65. The lowest BCUT2D eigenvalue weighted by Crippen LogP contribution is -2.18. The van der Waals surface area contributed by atoms with Crippen molar-refractivity contribution in [2.45, 2.75) is 0 Å². The minimum atomic E-state index is 0.413. The fraction of sp³-hybridized carbons (Fsp3) is 0.167. The number of aromatic nitrogens is 3. The summed E-state index contributed by atoms with van der Waals surface area (Å²) in [7, 11) is 1.76. The van der Waals surface area contributed by atoms with Gasteiger partial charge in [-0.1, -0.05) is 0 Å². The first-order chi connectivity index (χ1) is 5.74. The van der Waals surface area contributed by atoms with Crippen LogP contribution in [-0.4, -0.2) is 21.3 Å². The van der Waals surface area contributed by atoms with Gasteiger partial charge in [-0.25, -0.2) is 4.98 Å². The van der Waals surface area contributed by atoms with E-state index in [4.69, 9.17) is 11.5 Å². The number of hydrogen-bond donors (Lipinski definition) is 3. The summed E-state index contributed by atoms with van der Waals surface area (Å²) in [5, 5.41) is 0. The highest BCUT2D eigenvalue weighted by Crippen LogP contribution is 2.13. The molecule has 0 atom stereocenters. The number of hydrogen-bond acceptors (Lipinski definition) is 4. The number of nitrogens with two attached hydrogens (primary N) is 2. The van der Waals surface area contributed by atoms with Crippen LogP contribution >= 0.6 is 0 Å². The summed E-state index contributed by atoms with van der Waals surface area (Å²) in [5.74, 6) is 1.01. The standard InChI is InChI=1S/C6H10N6/c1-9-12-5(7)2-4-3-10-6(8)11(4)12/h2-3,9H,7H2,1H3,(H2,8,10). The molecule has 0 fully saturated rings. The molecule has 0 saturated carbocycles. The van der Waals surface area contributed by atoms with Gasteiger partial charge >= 0.3 is 0 Å². The van der Waals surface area contributed by atoms with Crippen LogP contribution in [0, 0.1) is 0 Å². The Kier molecular flexibility index (Phi) is 1.18. The van der Waals surface area contributed by atoms with Crippen LogP contribution in [0.2, 0.25) is 0 Å². The van der Waals surface area contributed by atoms with Crippen LogP contribution in [0.1, 0.15) is 0 Å². The Morgan fingerprint density at radius 3 is 2.92 bits per heavy atom. The molecule has 0 aromatic carbocycles. The van der Waals surface area contributed by atoms with Gasteiger partial charge in [-0.05, 0) is 0 Å². The average molecular weight is 166 g/mol. The average Bonchev–Trinajstić information content (AvgIpc) is 2.52. The molecule has 2 aromatic heterocycles. The van der Waals surface area contributed by atoms with E-state index < -0.39 is 0 Å². The molecule has 64 valence electrons. The number of nitrogens with one attached hydrogen (secondary N) is 1. The molecule has 0 spiro atoms. The normalized spacial score (nSPS) is 10.8. The fourth-order valence-electron chi connectivity index (χ4n) is 1.25. The summed E-state index contributed by atoms with van der Waals surface area (Å²) in [6, 6.07) is 1.79. The zero-order chi connectivity index (χ0) is 8.72. The van der Waals surface area contributed by atoms with Crippen LogP contribution < -0.4 is 16.9 Å². The van der Waals surface area contributed by atoms with E-state index in [0.29, 0.717) is 11.8 Å². The number of fused-ring (bicyclic) bond motifs is 1. The lowest BCUT2D eigenvalue weighted by Gasteiger charge is -2.05. The molecule has 0 aliphatic rings. The summed E-state index contributed by atoms with van der Waals surface area (Å²) >= 11 is 0. The Balaban J connectivity index is 2.84. The second-order valence-electron chi connectivity index (χ2n) is 2.46. The highest BCUT2D eigenvalue weighted by molar-refractivity contribution is 5.57. The molecule has 2 heterocycles. The van der Waals surface area contributed by atoms with E-state index in [1.54, 1.807) is 28.6 Å². The summed E-state index contributed by atoms with van der Waals surface area (Å²) in [5.41, 5.74) is 15.0. The summed E-state index contributed by atoms with van der Waals surface area (Å²) in [6.07, 6.45) is 1.67. The minimum absolute atomic E-state index is 0.413. The van der Waals surface area contributed by atoms with Gasteiger partial charge in [0.15, 0.2) is 0 Å². The Labute approximate surface area is 68.7 Å². The van der Waals surface area contributed by atoms with E-state index in [1.165, 1.54) is 0 Å². The van der Waals surface area contributed by atoms with Gasteiger partial charge in [0.25, 0.3) is 0 Å². The number of rotatable bonds is 1. The topological polar surface area (TPSA) is 86.3 Å². The largest absolute Gasteiger partial charge is 0.382 e. The molecule has 2 aromatic rings. The van der Waals surface area contributed by atoms with Crippen molar-refractivity contribution >= 4 is 17.3 Å². The molecule has 0 radical (unpaired) electrons. The number of imidazole rings is 1. The van der Waals surface area contributed by atoms with Crippen LogP contribution in [0.3, 0.4) is 0 Å². The third-order valence-corrected chi connectivity index (χ3v) is 1.74. The van der Waals surface area contributed by atoms with Crippen molar-refractivity contribution in [1.82, 2.24) is 14.3 Å². The number of nitrogens with zero attached hydrogens (tertiary/aromatic N) is 3. The fourth-order valence-corrected chi connectivity index (χ4v) is 1.25. The van der Waals surface area contributed by atoms with E-state index in [1.807, 2.05) is 0 Å². The molecule has 0 aliphatic heterocycles. The van der Waals surface area contributed by atoms with Gasteiger partial charge in [-0.3, -0.25) is 0 Å². The van der Waals surface area contributed by atoms with Gasteiger partial charge < -0.3 is 16.9 Å². The lowest BCUT2D eigenvalue weighted by molar-refractivity contribution is 0.737. The third-order valence-electron chi connectivity index (χ3n) is 1.74. The van der Waals surface area contributed by atoms with Crippen molar-refractivity contribution in [2.24, 2.45) is 0 Å². The molecule has 0 amide bonds. The second kappa shape index (κ2) is 2.07. The zero-order valence-electron chi connectivity index (χ0n) is 6.65. The first-order valence-electron chi connectivity index (χ1n) is 3.52. The predicted octanol–water partition coefficient (Wildman–Crippen LogP) is -0.527. The van der Waals surface area contributed by atoms with Gasteiger partial charge in [0.2, 0.25) is 5.95 Å². The third kappa shape index (κ3) is 0.659. The van der Waals surface area contributed by atoms with E-state index in [2.05, 4.69) is 10.4 Å². The van der Waals surface area contributed by atoms with Crippen molar-refractivity contribution in [3.63, 3.8) is 0 Å². The van der Waals surface area contributed by atoms with E-state index in [-0.39, 0.29) is 0 Å². The lowest BCUT2D eigenvalue weighted by atomic mass is 10.5. The van der Waals surface area contributed by atoms with Crippen LogP contribution in [0.25, 0.3) is 5.52 Å². The smallest absolute Gasteiger partial charge is 0.221 e. The maximum absolute atomic E-state index is 5.67. The van der Waals surface area contributed by atoms with Crippen molar-refractivity contribution in [3.05, 3.63) is 12.3 Å². The molecule has 5 N–H and O–H groups in total. The van der Waals surface area contributed by atoms with Crippen LogP contribution in [-0.2, 0) is 0 Å². The molecule has 0 aliphatic carbocycles. The Morgan fingerprint density at radius 2 is 2.25 bits per heavy atom. The van der Waals surface area contributed by atoms with Crippen molar-refractivity contribution in [2.75, 3.05) is 23.9 Å². The SMILES string of the molecule is CNn1c(N)cc2cnc(N)n21. The molecule has 6 nitrogen and oxygen atoms in total. The maximum atomic E-state index is 5.67. The monoisotopic (exact) mass is 166 g/mol. The van der Waals surface area contributed by atoms with Crippen LogP contribution in [0.5, 0.6) is 0 Å². The second-order valence-corrected chi connectivity index (χ2v) is 2.46. The molecule has 0 saturated heterocycles. The Hall–Kier alpha value is -1.85. The summed E-state index contributed by atoms with van der Waals surface area (Å²) in [6.45, 7) is 0. The number of anilines is 2. The predicted molar refractivity (Wildman–Crippen MR) is 47.3 cm³/mol. The first-order valence-corrected chi connectivity index (χ1v) is 3.52. The minimum Gasteiger partial charge on any atom is -0.382 e. The number of nitrogen functional groups attached to an aromatic ring is 2. The molecule has 2 rings (SSSR count). The van der Waals surface area contributed by atoms with Gasteiger partial charge in [-0.2, -0.15) is 9.31 Å². The van der Waals surface area contributed by atoms with E-state index in [9.17, 15) is 0 Å². The van der Waals surface area contributed by atoms with Crippen molar-refractivity contribution in [3.8, 4) is 0 Å². The molecule has 0 unspecified atom stereocenters. The van der Waals surface area contributed by atoms with E-state index in [0.717, 1.165) is 5.52 Å². The molecular formula is C6H10N6. The van der Waals surface area contributed by atoms with Crippen molar-refractivity contribution < 1.29 is 0 Å². The molecule has 6 heteroatoms. The van der Waals surface area contributed by atoms with Gasteiger partial charge in [-0.15, -0.1) is 0 Å². The maximum Gasteiger partial charge on any atom is 0.221 e. The van der Waals surface area contributed by atoms with E-state index >= 15 is 0 Å². The molecular weight excluding hydrogens is 156 g/mol. The van der Waals surface area contributed by atoms with Crippen molar-refractivity contribution in [1.29, 1.82) is 0 Å². The van der Waals surface area contributed by atoms with Crippen LogP contribution in [0.4, 0.5) is 11.8 Å². The summed E-state index contributed by atoms with van der Waals surface area (Å²) < 4.78 is 1.69. The Morgan fingerprint density at radius 1 is 1.50 bits per heavy atom. The Bertz CT molecular complexity index is 411.